The number of hydrogen-bond donors (Lipinski definition) is 3. The molecule has 0 unspecified atom stereocenters. The Hall–Kier alpha value is -3.29. The third-order valence-corrected chi connectivity index (χ3v) is 5.11. The molecule has 4 rings (SSSR count). The van der Waals surface area contributed by atoms with E-state index in [1.807, 2.05) is 12.1 Å². The molecule has 1 aromatic carbocycles. The van der Waals surface area contributed by atoms with Crippen molar-refractivity contribution in [1.82, 2.24) is 25.8 Å². The van der Waals surface area contributed by atoms with Crippen molar-refractivity contribution in [2.45, 2.75) is 25.3 Å². The molecular weight excluding hydrogens is 366 g/mol. The number of aromatic amines is 1. The monoisotopic (exact) mass is 393 g/mol. The highest BCUT2D eigenvalue weighted by Gasteiger charge is 2.20. The lowest BCUT2D eigenvalue weighted by Gasteiger charge is -2.34. The minimum atomic E-state index is 0.428. The average Bonchev–Trinajstić information content (AvgIpc) is 3.46. The van der Waals surface area contributed by atoms with Gasteiger partial charge in [-0.1, -0.05) is 18.2 Å². The van der Waals surface area contributed by atoms with Gasteiger partial charge in [-0.2, -0.15) is 5.10 Å². The Labute approximate surface area is 170 Å². The van der Waals surface area contributed by atoms with Crippen molar-refractivity contribution >= 4 is 11.6 Å². The van der Waals surface area contributed by atoms with Gasteiger partial charge in [-0.3, -0.25) is 10.1 Å². The van der Waals surface area contributed by atoms with E-state index in [0.717, 1.165) is 50.7 Å². The molecule has 0 bridgehead atoms. The number of nitrogens with zero attached hydrogens (tertiary/aromatic N) is 4. The summed E-state index contributed by atoms with van der Waals surface area (Å²) in [5, 5.41) is 14.1. The fourth-order valence-corrected chi connectivity index (χ4v) is 3.53. The summed E-state index contributed by atoms with van der Waals surface area (Å²) in [6.45, 7) is 2.81. The van der Waals surface area contributed by atoms with Crippen LogP contribution in [0.5, 0.6) is 0 Å². The molecule has 0 amide bonds. The maximum absolute atomic E-state index is 5.32. The minimum Gasteiger partial charge on any atom is -0.461 e. The predicted octanol–water partition coefficient (Wildman–Crippen LogP) is 2.44. The summed E-state index contributed by atoms with van der Waals surface area (Å²) in [5.74, 6) is 2.89. The first-order chi connectivity index (χ1) is 14.3. The maximum Gasteiger partial charge on any atom is 0.216 e. The number of para-hydroxylation sites is 1. The van der Waals surface area contributed by atoms with Crippen molar-refractivity contribution < 1.29 is 4.42 Å². The Morgan fingerprint density at radius 2 is 2.03 bits per heavy atom. The number of aliphatic imine (C=N–C) groups is 1. The van der Waals surface area contributed by atoms with Crippen molar-refractivity contribution in [1.29, 1.82) is 0 Å². The molecule has 3 heterocycles. The van der Waals surface area contributed by atoms with Crippen LogP contribution in [-0.4, -0.2) is 53.9 Å². The van der Waals surface area contributed by atoms with Gasteiger partial charge in [0.25, 0.3) is 0 Å². The lowest BCUT2D eigenvalue weighted by Crippen LogP contribution is -2.49. The highest BCUT2D eigenvalue weighted by atomic mass is 16.3. The van der Waals surface area contributed by atoms with Crippen molar-refractivity contribution in [3.8, 4) is 11.6 Å². The molecule has 3 N–H and O–H groups in total. The second-order valence-electron chi connectivity index (χ2n) is 7.07. The molecule has 8 heteroatoms. The van der Waals surface area contributed by atoms with Crippen LogP contribution in [0.4, 0.5) is 5.69 Å². The normalized spacial score (nSPS) is 15.5. The highest BCUT2D eigenvalue weighted by Crippen LogP contribution is 2.19. The number of guanidine groups is 1. The van der Waals surface area contributed by atoms with Gasteiger partial charge in [0, 0.05) is 44.8 Å². The quantitative estimate of drug-likeness (QED) is 0.440. The Morgan fingerprint density at radius 1 is 1.21 bits per heavy atom. The van der Waals surface area contributed by atoms with Gasteiger partial charge in [0.1, 0.15) is 5.82 Å². The molecule has 29 heavy (non-hydrogen) atoms. The van der Waals surface area contributed by atoms with E-state index >= 15 is 0 Å². The van der Waals surface area contributed by atoms with Crippen LogP contribution in [0.15, 0.2) is 58.1 Å². The summed E-state index contributed by atoms with van der Waals surface area (Å²) < 4.78 is 5.32. The molecule has 1 aliphatic heterocycles. The fourth-order valence-electron chi connectivity index (χ4n) is 3.53. The van der Waals surface area contributed by atoms with E-state index in [9.17, 15) is 0 Å². The van der Waals surface area contributed by atoms with Gasteiger partial charge >= 0.3 is 0 Å². The van der Waals surface area contributed by atoms with Crippen molar-refractivity contribution in [3.63, 3.8) is 0 Å². The molecule has 1 fully saturated rings. The molecular formula is C21H27N7O. The minimum absolute atomic E-state index is 0.428. The number of benzene rings is 1. The van der Waals surface area contributed by atoms with Gasteiger partial charge in [0.05, 0.1) is 6.26 Å². The van der Waals surface area contributed by atoms with E-state index in [1.165, 1.54) is 5.69 Å². The van der Waals surface area contributed by atoms with E-state index in [0.29, 0.717) is 17.6 Å². The van der Waals surface area contributed by atoms with Gasteiger partial charge < -0.3 is 20.0 Å². The van der Waals surface area contributed by atoms with Crippen LogP contribution >= 0.6 is 0 Å². The zero-order valence-corrected chi connectivity index (χ0v) is 16.6. The SMILES string of the molecule is CN=C(NCCc1nc(-c2ccco2)n[nH]1)NC1CCN(c2ccccc2)CC1. The lowest BCUT2D eigenvalue weighted by atomic mass is 10.0. The number of H-pyrrole nitrogens is 1. The number of furan rings is 1. The summed E-state index contributed by atoms with van der Waals surface area (Å²) in [5.41, 5.74) is 1.30. The van der Waals surface area contributed by atoms with Gasteiger partial charge in [-0.05, 0) is 37.1 Å². The largest absolute Gasteiger partial charge is 0.461 e. The molecule has 2 aromatic heterocycles. The van der Waals surface area contributed by atoms with E-state index < -0.39 is 0 Å². The number of aromatic nitrogens is 3. The molecule has 0 atom stereocenters. The summed E-state index contributed by atoms with van der Waals surface area (Å²) in [6, 6.07) is 14.7. The highest BCUT2D eigenvalue weighted by molar-refractivity contribution is 5.80. The standard InChI is InChI=1S/C21H27N7O/c1-22-21(23-12-9-19-25-20(27-26-19)18-8-5-15-29-18)24-16-10-13-28(14-11-16)17-6-3-2-4-7-17/h2-8,15-16H,9-14H2,1H3,(H2,22,23,24)(H,25,26,27). The molecule has 1 saturated heterocycles. The summed E-state index contributed by atoms with van der Waals surface area (Å²) >= 11 is 0. The van der Waals surface area contributed by atoms with Gasteiger partial charge in [-0.15, -0.1) is 0 Å². The smallest absolute Gasteiger partial charge is 0.216 e. The van der Waals surface area contributed by atoms with Crippen LogP contribution in [0, 0.1) is 0 Å². The third-order valence-electron chi connectivity index (χ3n) is 5.11. The molecule has 0 spiro atoms. The Bertz CT molecular complexity index is 896. The number of anilines is 1. The Balaban J connectivity index is 1.20. The van der Waals surface area contributed by atoms with E-state index in [-0.39, 0.29) is 0 Å². The van der Waals surface area contributed by atoms with Crippen LogP contribution < -0.4 is 15.5 Å². The van der Waals surface area contributed by atoms with Crippen LogP contribution in [0.25, 0.3) is 11.6 Å². The Morgan fingerprint density at radius 3 is 2.76 bits per heavy atom. The third kappa shape index (κ3) is 4.96. The molecule has 0 radical (unpaired) electrons. The molecule has 152 valence electrons. The van der Waals surface area contributed by atoms with Crippen LogP contribution in [-0.2, 0) is 6.42 Å². The van der Waals surface area contributed by atoms with Gasteiger partial charge in [-0.25, -0.2) is 4.98 Å². The van der Waals surface area contributed by atoms with Gasteiger partial charge in [0.2, 0.25) is 5.82 Å². The van der Waals surface area contributed by atoms with E-state index in [1.54, 1.807) is 13.3 Å². The van der Waals surface area contributed by atoms with E-state index in [4.69, 9.17) is 4.42 Å². The second-order valence-corrected chi connectivity index (χ2v) is 7.07. The molecule has 3 aromatic rings. The lowest BCUT2D eigenvalue weighted by molar-refractivity contribution is 0.461. The van der Waals surface area contributed by atoms with Crippen LogP contribution in [0.3, 0.4) is 0 Å². The number of nitrogens with one attached hydrogen (secondary N) is 3. The average molecular weight is 393 g/mol. The first kappa shape index (κ1) is 19.0. The summed E-state index contributed by atoms with van der Waals surface area (Å²) in [4.78, 5) is 11.3. The molecule has 0 saturated carbocycles. The number of rotatable bonds is 6. The van der Waals surface area contributed by atoms with Gasteiger partial charge in [0.15, 0.2) is 11.7 Å². The van der Waals surface area contributed by atoms with Crippen LogP contribution in [0.1, 0.15) is 18.7 Å². The fraction of sp³-hybridized carbons (Fsp3) is 0.381. The van der Waals surface area contributed by atoms with Crippen molar-refractivity contribution in [3.05, 3.63) is 54.6 Å². The summed E-state index contributed by atoms with van der Waals surface area (Å²) in [6.07, 6.45) is 4.52. The predicted molar refractivity (Wildman–Crippen MR) is 114 cm³/mol. The van der Waals surface area contributed by atoms with E-state index in [2.05, 4.69) is 66.0 Å². The first-order valence-corrected chi connectivity index (χ1v) is 10.0. The second kappa shape index (κ2) is 9.27. The molecule has 0 aliphatic carbocycles. The van der Waals surface area contributed by atoms with Crippen LogP contribution in [0.2, 0.25) is 0 Å². The zero-order chi connectivity index (χ0) is 19.9. The van der Waals surface area contributed by atoms with Crippen molar-refractivity contribution in [2.24, 2.45) is 4.99 Å². The number of hydrogen-bond acceptors (Lipinski definition) is 5. The zero-order valence-electron chi connectivity index (χ0n) is 16.6. The Kier molecular flexibility index (Phi) is 6.09. The molecule has 1 aliphatic rings. The first-order valence-electron chi connectivity index (χ1n) is 10.0. The molecule has 8 nitrogen and oxygen atoms in total. The maximum atomic E-state index is 5.32. The van der Waals surface area contributed by atoms with Crippen molar-refractivity contribution in [2.75, 3.05) is 31.6 Å². The summed E-state index contributed by atoms with van der Waals surface area (Å²) in [7, 11) is 1.80. The number of piperidine rings is 1. The topological polar surface area (TPSA) is 94.4 Å².